The zero-order valence-electron chi connectivity index (χ0n) is 12.1. The van der Waals surface area contributed by atoms with Crippen LogP contribution in [0.4, 0.5) is 0 Å². The van der Waals surface area contributed by atoms with E-state index in [1.807, 2.05) is 0 Å². The molecule has 1 heterocycles. The van der Waals surface area contributed by atoms with Gasteiger partial charge in [-0.05, 0) is 38.0 Å². The van der Waals surface area contributed by atoms with Crippen LogP contribution >= 0.6 is 12.4 Å². The highest BCUT2D eigenvalue weighted by Gasteiger charge is 2.29. The van der Waals surface area contributed by atoms with Crippen LogP contribution in [0.5, 0.6) is 0 Å². The molecule has 1 aromatic rings. The smallest absolute Gasteiger partial charge is 0.226 e. The molecule has 0 bridgehead atoms. The van der Waals surface area contributed by atoms with Gasteiger partial charge in [0.1, 0.15) is 0 Å². The molecule has 2 aliphatic rings. The molecule has 118 valence electrons. The van der Waals surface area contributed by atoms with Crippen molar-refractivity contribution < 1.29 is 9.32 Å². The second-order valence-corrected chi connectivity index (χ2v) is 5.98. The summed E-state index contributed by atoms with van der Waals surface area (Å²) in [5.74, 6) is 2.67. The lowest BCUT2D eigenvalue weighted by Gasteiger charge is -2.11. The number of carbonyl (C=O) groups excluding carboxylic acids is 1. The Morgan fingerprint density at radius 3 is 2.81 bits per heavy atom. The number of nitrogens with two attached hydrogens (primary N) is 1. The van der Waals surface area contributed by atoms with Crippen molar-refractivity contribution in [3.8, 4) is 0 Å². The van der Waals surface area contributed by atoms with Crippen molar-refractivity contribution in [2.45, 2.75) is 56.9 Å². The number of aromatic nitrogens is 2. The van der Waals surface area contributed by atoms with E-state index in [2.05, 4.69) is 15.5 Å². The molecule has 0 spiro atoms. The number of nitrogens with zero attached hydrogens (tertiary/aromatic N) is 2. The first-order chi connectivity index (χ1) is 9.72. The van der Waals surface area contributed by atoms with Gasteiger partial charge in [-0.15, -0.1) is 12.4 Å². The predicted octanol–water partition coefficient (Wildman–Crippen LogP) is 1.54. The average Bonchev–Trinajstić information content (AvgIpc) is 3.34. The van der Waals surface area contributed by atoms with Crippen LogP contribution in [-0.4, -0.2) is 28.6 Å². The highest BCUT2D eigenvalue weighted by Crippen LogP contribution is 2.38. The van der Waals surface area contributed by atoms with E-state index in [1.165, 1.54) is 25.7 Å². The molecule has 1 atom stereocenters. The molecule has 6 nitrogen and oxygen atoms in total. The van der Waals surface area contributed by atoms with Gasteiger partial charge in [0.05, 0.1) is 0 Å². The van der Waals surface area contributed by atoms with Crippen molar-refractivity contribution in [1.82, 2.24) is 15.5 Å². The standard InChI is InChI=1S/C14H22N4O2.ClH/c15-11(9-4-5-9)8-16-12(19)2-1-3-13-17-14(18-20-13)10-6-7-10;/h9-11H,1-8,15H2,(H,16,19);1H. The Balaban J connectivity index is 0.00000161. The third-order valence-electron chi connectivity index (χ3n) is 3.98. The number of rotatable bonds is 8. The van der Waals surface area contributed by atoms with Gasteiger partial charge in [0.2, 0.25) is 11.8 Å². The molecule has 1 unspecified atom stereocenters. The Bertz CT molecular complexity index is 471. The van der Waals surface area contributed by atoms with E-state index in [1.54, 1.807) is 0 Å². The first-order valence-electron chi connectivity index (χ1n) is 7.57. The first-order valence-corrected chi connectivity index (χ1v) is 7.57. The second kappa shape index (κ2) is 7.22. The van der Waals surface area contributed by atoms with Gasteiger partial charge in [-0.1, -0.05) is 5.16 Å². The maximum absolute atomic E-state index is 11.7. The molecule has 0 radical (unpaired) electrons. The van der Waals surface area contributed by atoms with E-state index in [9.17, 15) is 4.79 Å². The van der Waals surface area contributed by atoms with Gasteiger partial charge >= 0.3 is 0 Å². The maximum atomic E-state index is 11.7. The van der Waals surface area contributed by atoms with E-state index < -0.39 is 0 Å². The van der Waals surface area contributed by atoms with Crippen molar-refractivity contribution in [1.29, 1.82) is 0 Å². The number of nitrogens with one attached hydrogen (secondary N) is 1. The number of aryl methyl sites for hydroxylation is 1. The van der Waals surface area contributed by atoms with Crippen molar-refractivity contribution in [3.05, 3.63) is 11.7 Å². The number of hydrogen-bond acceptors (Lipinski definition) is 5. The van der Waals surface area contributed by atoms with Crippen LogP contribution in [0.2, 0.25) is 0 Å². The summed E-state index contributed by atoms with van der Waals surface area (Å²) in [4.78, 5) is 16.0. The molecule has 3 rings (SSSR count). The summed E-state index contributed by atoms with van der Waals surface area (Å²) in [6.45, 7) is 0.593. The minimum Gasteiger partial charge on any atom is -0.355 e. The van der Waals surface area contributed by atoms with Gasteiger partial charge in [-0.3, -0.25) is 4.79 Å². The van der Waals surface area contributed by atoms with Crippen LogP contribution in [-0.2, 0) is 11.2 Å². The maximum Gasteiger partial charge on any atom is 0.226 e. The fraction of sp³-hybridized carbons (Fsp3) is 0.786. The zero-order chi connectivity index (χ0) is 13.9. The normalized spacial score (nSPS) is 18.9. The Morgan fingerprint density at radius 1 is 1.38 bits per heavy atom. The quantitative estimate of drug-likeness (QED) is 0.759. The van der Waals surface area contributed by atoms with Gasteiger partial charge in [0.15, 0.2) is 5.82 Å². The molecule has 0 aliphatic heterocycles. The monoisotopic (exact) mass is 314 g/mol. The molecule has 0 saturated heterocycles. The molecule has 2 fully saturated rings. The molecule has 2 aliphatic carbocycles. The predicted molar refractivity (Wildman–Crippen MR) is 80.2 cm³/mol. The van der Waals surface area contributed by atoms with Crippen LogP contribution in [0, 0.1) is 5.92 Å². The van der Waals surface area contributed by atoms with E-state index in [0.29, 0.717) is 37.1 Å². The summed E-state index contributed by atoms with van der Waals surface area (Å²) in [5, 5.41) is 6.85. The Kier molecular flexibility index (Phi) is 5.58. The van der Waals surface area contributed by atoms with E-state index in [-0.39, 0.29) is 24.4 Å². The van der Waals surface area contributed by atoms with Crippen LogP contribution in [0.3, 0.4) is 0 Å². The number of carbonyl (C=O) groups is 1. The molecule has 21 heavy (non-hydrogen) atoms. The van der Waals surface area contributed by atoms with Crippen LogP contribution in [0.25, 0.3) is 0 Å². The third-order valence-corrected chi connectivity index (χ3v) is 3.98. The van der Waals surface area contributed by atoms with Crippen molar-refractivity contribution in [2.24, 2.45) is 11.7 Å². The largest absolute Gasteiger partial charge is 0.355 e. The van der Waals surface area contributed by atoms with Crippen LogP contribution in [0.15, 0.2) is 4.52 Å². The highest BCUT2D eigenvalue weighted by molar-refractivity contribution is 5.85. The van der Waals surface area contributed by atoms with Crippen LogP contribution < -0.4 is 11.1 Å². The Labute approximate surface area is 130 Å². The second-order valence-electron chi connectivity index (χ2n) is 5.98. The summed E-state index contributed by atoms with van der Waals surface area (Å²) < 4.78 is 5.17. The number of amides is 1. The molecule has 7 heteroatoms. The van der Waals surface area contributed by atoms with Gasteiger partial charge < -0.3 is 15.6 Å². The Hall–Kier alpha value is -1.14. The average molecular weight is 315 g/mol. The van der Waals surface area contributed by atoms with Crippen molar-refractivity contribution >= 4 is 18.3 Å². The number of halogens is 1. The van der Waals surface area contributed by atoms with Gasteiger partial charge in [0.25, 0.3) is 0 Å². The lowest BCUT2D eigenvalue weighted by Crippen LogP contribution is -2.38. The molecule has 2 saturated carbocycles. The summed E-state index contributed by atoms with van der Waals surface area (Å²) in [5.41, 5.74) is 5.94. The number of hydrogen-bond donors (Lipinski definition) is 2. The summed E-state index contributed by atoms with van der Waals surface area (Å²) >= 11 is 0. The minimum atomic E-state index is 0. The van der Waals surface area contributed by atoms with Gasteiger partial charge in [0, 0.05) is 31.3 Å². The van der Waals surface area contributed by atoms with Gasteiger partial charge in [-0.2, -0.15) is 4.98 Å². The summed E-state index contributed by atoms with van der Waals surface area (Å²) in [7, 11) is 0. The first kappa shape index (κ1) is 16.2. The van der Waals surface area contributed by atoms with Crippen molar-refractivity contribution in [2.75, 3.05) is 6.54 Å². The molecular weight excluding hydrogens is 292 g/mol. The summed E-state index contributed by atoms with van der Waals surface area (Å²) in [6.07, 6.45) is 6.64. The van der Waals surface area contributed by atoms with Gasteiger partial charge in [-0.25, -0.2) is 0 Å². The Morgan fingerprint density at radius 2 is 2.14 bits per heavy atom. The molecule has 1 aromatic heterocycles. The minimum absolute atomic E-state index is 0. The molecule has 1 amide bonds. The SMILES string of the molecule is Cl.NC(CNC(=O)CCCc1nc(C2CC2)no1)C1CC1. The fourth-order valence-electron chi connectivity index (χ4n) is 2.29. The van der Waals surface area contributed by atoms with E-state index in [0.717, 1.165) is 12.2 Å². The van der Waals surface area contributed by atoms with E-state index in [4.69, 9.17) is 10.3 Å². The zero-order valence-corrected chi connectivity index (χ0v) is 12.9. The molecule has 3 N–H and O–H groups in total. The molecular formula is C14H23ClN4O2. The summed E-state index contributed by atoms with van der Waals surface area (Å²) in [6, 6.07) is 0.121. The third kappa shape index (κ3) is 4.97. The lowest BCUT2D eigenvalue weighted by atomic mass is 10.2. The topological polar surface area (TPSA) is 94.0 Å². The highest BCUT2D eigenvalue weighted by atomic mass is 35.5. The fourth-order valence-corrected chi connectivity index (χ4v) is 2.29. The molecule has 0 aromatic carbocycles. The lowest BCUT2D eigenvalue weighted by molar-refractivity contribution is -0.121. The van der Waals surface area contributed by atoms with Crippen LogP contribution in [0.1, 0.15) is 56.2 Å². The van der Waals surface area contributed by atoms with E-state index >= 15 is 0 Å². The van der Waals surface area contributed by atoms with Crippen molar-refractivity contribution in [3.63, 3.8) is 0 Å².